The van der Waals surface area contributed by atoms with E-state index >= 15 is 0 Å². The normalized spacial score (nSPS) is 18.6. The van der Waals surface area contributed by atoms with Crippen molar-refractivity contribution in [2.75, 3.05) is 36.0 Å². The Hall–Kier alpha value is -3.74. The number of guanidine groups is 1. The van der Waals surface area contributed by atoms with Crippen LogP contribution in [0.15, 0.2) is 72.0 Å². The topological polar surface area (TPSA) is 64.9 Å². The van der Waals surface area contributed by atoms with Crippen LogP contribution in [0.25, 0.3) is 0 Å². The summed E-state index contributed by atoms with van der Waals surface area (Å²) in [5.74, 6) is 1.53. The molecule has 1 atom stereocenters. The van der Waals surface area contributed by atoms with Crippen LogP contribution in [-0.4, -0.2) is 59.0 Å². The molecule has 0 spiro atoms. The minimum absolute atomic E-state index is 0.0349. The van der Waals surface area contributed by atoms with Crippen molar-refractivity contribution in [1.82, 2.24) is 14.9 Å². The first kappa shape index (κ1) is 21.1. The Bertz CT molecular complexity index is 1140. The second-order valence-electron chi connectivity index (χ2n) is 8.68. The summed E-state index contributed by atoms with van der Waals surface area (Å²) in [5, 5.41) is 0. The molecule has 0 radical (unpaired) electrons. The summed E-state index contributed by atoms with van der Waals surface area (Å²) >= 11 is 0. The van der Waals surface area contributed by atoms with Crippen molar-refractivity contribution in [3.63, 3.8) is 0 Å². The van der Waals surface area contributed by atoms with Gasteiger partial charge >= 0.3 is 0 Å². The minimum atomic E-state index is -0.418. The van der Waals surface area contributed by atoms with Gasteiger partial charge in [0, 0.05) is 45.0 Å². The number of nitrogens with zero attached hydrogens (tertiary/aromatic N) is 6. The molecule has 0 saturated carbocycles. The molecule has 33 heavy (non-hydrogen) atoms. The second-order valence-corrected chi connectivity index (χ2v) is 8.68. The lowest BCUT2D eigenvalue weighted by molar-refractivity contribution is -0.118. The lowest BCUT2D eigenvalue weighted by Gasteiger charge is -2.37. The summed E-state index contributed by atoms with van der Waals surface area (Å²) in [5.41, 5.74) is 4.28. The Kier molecular flexibility index (Phi) is 5.77. The summed E-state index contributed by atoms with van der Waals surface area (Å²) in [6.45, 7) is 7.19. The van der Waals surface area contributed by atoms with Crippen molar-refractivity contribution >= 4 is 23.5 Å². The average Bonchev–Trinajstić information content (AvgIpc) is 3.15. The number of amides is 1. The van der Waals surface area contributed by atoms with Gasteiger partial charge < -0.3 is 9.80 Å². The zero-order valence-corrected chi connectivity index (χ0v) is 19.1. The van der Waals surface area contributed by atoms with Crippen molar-refractivity contribution < 1.29 is 4.79 Å². The summed E-state index contributed by atoms with van der Waals surface area (Å²) < 4.78 is 0. The lowest BCUT2D eigenvalue weighted by atomic mass is 10.1. The van der Waals surface area contributed by atoms with Crippen molar-refractivity contribution in [2.45, 2.75) is 26.3 Å². The fraction of sp³-hybridized carbons (Fsp3) is 0.308. The molecule has 0 N–H and O–H groups in total. The van der Waals surface area contributed by atoms with Gasteiger partial charge in [0.15, 0.2) is 0 Å². The number of aromatic nitrogens is 2. The summed E-state index contributed by atoms with van der Waals surface area (Å²) in [7, 11) is 0. The second kappa shape index (κ2) is 9.02. The highest BCUT2D eigenvalue weighted by molar-refractivity contribution is 6.22. The Morgan fingerprint density at radius 2 is 1.48 bits per heavy atom. The van der Waals surface area contributed by atoms with Crippen molar-refractivity contribution in [3.05, 3.63) is 83.7 Å². The van der Waals surface area contributed by atoms with E-state index in [1.165, 1.54) is 0 Å². The first-order valence-electron chi connectivity index (χ1n) is 11.4. The molecule has 168 valence electrons. The molecule has 5 rings (SSSR count). The SMILES string of the molecule is Cc1cc(C)cc(N2C(=O)C(Cc3ccccc3)N=C2N2CCN(c3ncccn3)CC2)c1. The zero-order valence-electron chi connectivity index (χ0n) is 19.1. The van der Waals surface area contributed by atoms with Crippen molar-refractivity contribution in [3.8, 4) is 0 Å². The van der Waals surface area contributed by atoms with Gasteiger partial charge in [0.25, 0.3) is 5.91 Å². The number of hydrogen-bond donors (Lipinski definition) is 0. The highest BCUT2D eigenvalue weighted by atomic mass is 16.2. The molecule has 1 saturated heterocycles. The minimum Gasteiger partial charge on any atom is -0.339 e. The van der Waals surface area contributed by atoms with Gasteiger partial charge in [0.2, 0.25) is 11.9 Å². The van der Waals surface area contributed by atoms with Crippen molar-refractivity contribution in [2.24, 2.45) is 4.99 Å². The first-order valence-corrected chi connectivity index (χ1v) is 11.4. The number of anilines is 2. The molecule has 1 fully saturated rings. The molecule has 2 aromatic carbocycles. The smallest absolute Gasteiger partial charge is 0.259 e. The van der Waals surface area contributed by atoms with Crippen LogP contribution in [0.2, 0.25) is 0 Å². The monoisotopic (exact) mass is 440 g/mol. The highest BCUT2D eigenvalue weighted by Gasteiger charge is 2.39. The van der Waals surface area contributed by atoms with E-state index in [0.29, 0.717) is 6.42 Å². The molecule has 2 aliphatic heterocycles. The third-order valence-corrected chi connectivity index (χ3v) is 6.11. The molecule has 3 aromatic rings. The zero-order chi connectivity index (χ0) is 22.8. The van der Waals surface area contributed by atoms with E-state index in [4.69, 9.17) is 4.99 Å². The largest absolute Gasteiger partial charge is 0.339 e. The molecule has 1 unspecified atom stereocenters. The van der Waals surface area contributed by atoms with Gasteiger partial charge in [0.05, 0.1) is 5.69 Å². The van der Waals surface area contributed by atoms with Crippen LogP contribution in [0.3, 0.4) is 0 Å². The van der Waals surface area contributed by atoms with Crippen LogP contribution in [-0.2, 0) is 11.2 Å². The molecule has 2 aliphatic rings. The van der Waals surface area contributed by atoms with E-state index in [9.17, 15) is 4.79 Å². The Balaban J connectivity index is 1.42. The number of carbonyl (C=O) groups is 1. The Labute approximate surface area is 194 Å². The molecule has 3 heterocycles. The van der Waals surface area contributed by atoms with E-state index in [1.54, 1.807) is 12.4 Å². The predicted octanol–water partition coefficient (Wildman–Crippen LogP) is 3.23. The quantitative estimate of drug-likeness (QED) is 0.623. The highest BCUT2D eigenvalue weighted by Crippen LogP contribution is 2.27. The van der Waals surface area contributed by atoms with Gasteiger partial charge in [-0.25, -0.2) is 19.9 Å². The number of piperazine rings is 1. The van der Waals surface area contributed by atoms with Crippen LogP contribution in [0.4, 0.5) is 11.6 Å². The maximum Gasteiger partial charge on any atom is 0.259 e. The van der Waals surface area contributed by atoms with Gasteiger partial charge in [-0.2, -0.15) is 0 Å². The van der Waals surface area contributed by atoms with E-state index < -0.39 is 6.04 Å². The number of benzene rings is 2. The van der Waals surface area contributed by atoms with E-state index in [-0.39, 0.29) is 5.91 Å². The maximum atomic E-state index is 13.6. The van der Waals surface area contributed by atoms with E-state index in [1.807, 2.05) is 29.2 Å². The molecule has 7 nitrogen and oxygen atoms in total. The molecule has 0 bridgehead atoms. The van der Waals surface area contributed by atoms with Crippen LogP contribution in [0.1, 0.15) is 16.7 Å². The summed E-state index contributed by atoms with van der Waals surface area (Å²) in [4.78, 5) is 33.6. The van der Waals surface area contributed by atoms with Gasteiger partial charge in [-0.05, 0) is 48.7 Å². The average molecular weight is 441 g/mol. The number of rotatable bonds is 4. The molecule has 7 heteroatoms. The van der Waals surface area contributed by atoms with Gasteiger partial charge in [-0.3, -0.25) is 4.79 Å². The number of aryl methyl sites for hydroxylation is 2. The standard InChI is InChI=1S/C26H28N6O/c1-19-15-20(2)17-22(16-19)32-24(33)23(18-21-7-4-3-5-8-21)29-26(32)31-13-11-30(12-14-31)25-27-9-6-10-28-25/h3-10,15-17,23H,11-14,18H2,1-2H3. The number of aliphatic imine (C=N–C) groups is 1. The van der Waals surface area contributed by atoms with Gasteiger partial charge in [-0.15, -0.1) is 0 Å². The lowest BCUT2D eigenvalue weighted by Crippen LogP contribution is -2.53. The fourth-order valence-corrected chi connectivity index (χ4v) is 4.58. The van der Waals surface area contributed by atoms with E-state index in [0.717, 1.165) is 60.5 Å². The molecular weight excluding hydrogens is 412 g/mol. The Morgan fingerprint density at radius 3 is 2.15 bits per heavy atom. The predicted molar refractivity (Wildman–Crippen MR) is 131 cm³/mol. The number of carbonyl (C=O) groups excluding carboxylic acids is 1. The summed E-state index contributed by atoms with van der Waals surface area (Å²) in [6.07, 6.45) is 4.14. The fourth-order valence-electron chi connectivity index (χ4n) is 4.58. The Morgan fingerprint density at radius 1 is 0.848 bits per heavy atom. The van der Waals surface area contributed by atoms with Gasteiger partial charge in [-0.1, -0.05) is 36.4 Å². The molecule has 1 amide bonds. The third kappa shape index (κ3) is 4.44. The van der Waals surface area contributed by atoms with Crippen molar-refractivity contribution in [1.29, 1.82) is 0 Å². The van der Waals surface area contributed by atoms with E-state index in [2.05, 4.69) is 63.9 Å². The molecule has 0 aliphatic carbocycles. The van der Waals surface area contributed by atoms with Crippen LogP contribution in [0, 0.1) is 13.8 Å². The molecule has 1 aromatic heterocycles. The number of hydrogen-bond acceptors (Lipinski definition) is 6. The van der Waals surface area contributed by atoms with Crippen LogP contribution in [0.5, 0.6) is 0 Å². The first-order chi connectivity index (χ1) is 16.1. The van der Waals surface area contributed by atoms with Gasteiger partial charge in [0.1, 0.15) is 6.04 Å². The molecular formula is C26H28N6O. The summed E-state index contributed by atoms with van der Waals surface area (Å²) in [6, 6.07) is 17.8. The van der Waals surface area contributed by atoms with Crippen LogP contribution >= 0.6 is 0 Å². The maximum absolute atomic E-state index is 13.6. The third-order valence-electron chi connectivity index (χ3n) is 6.11. The van der Waals surface area contributed by atoms with Crippen LogP contribution < -0.4 is 9.80 Å².